The van der Waals surface area contributed by atoms with Gasteiger partial charge in [-0.2, -0.15) is 12.7 Å². The van der Waals surface area contributed by atoms with Crippen LogP contribution in [0.25, 0.3) is 0 Å². The van der Waals surface area contributed by atoms with E-state index in [1.54, 1.807) is 0 Å². The van der Waals surface area contributed by atoms with E-state index >= 15 is 0 Å². The van der Waals surface area contributed by atoms with Gasteiger partial charge in [0.05, 0.1) is 18.9 Å². The van der Waals surface area contributed by atoms with Crippen LogP contribution in [0.15, 0.2) is 21.3 Å². The van der Waals surface area contributed by atoms with Crippen molar-refractivity contribution in [2.24, 2.45) is 0 Å². The molecule has 0 aliphatic carbocycles. The van der Waals surface area contributed by atoms with Crippen LogP contribution in [0.2, 0.25) is 0 Å². The SMILES string of the molecule is CCc1ccc2c(c1C)C(C)[C@@H](c1n[nH]c(=O)o1)N2S(=O)(=O)N1CCC2(CC1)OCCCO2. The lowest BCUT2D eigenvalue weighted by Gasteiger charge is -2.44. The summed E-state index contributed by atoms with van der Waals surface area (Å²) in [6.45, 7) is 7.87. The number of nitrogens with zero attached hydrogens (tertiary/aromatic N) is 3. The summed E-state index contributed by atoms with van der Waals surface area (Å²) in [7, 11) is -3.95. The smallest absolute Gasteiger partial charge is 0.390 e. The van der Waals surface area contributed by atoms with Crippen LogP contribution >= 0.6 is 0 Å². The topological polar surface area (TPSA) is 118 Å². The molecule has 2 aromatic rings. The number of hydrogen-bond donors (Lipinski definition) is 1. The Bertz CT molecular complexity index is 1190. The number of aryl methyl sites for hydroxylation is 1. The van der Waals surface area contributed by atoms with Crippen LogP contribution in [0, 0.1) is 6.92 Å². The van der Waals surface area contributed by atoms with E-state index in [4.69, 9.17) is 13.9 Å². The Morgan fingerprint density at radius 2 is 1.91 bits per heavy atom. The average molecular weight is 479 g/mol. The molecule has 0 saturated carbocycles. The largest absolute Gasteiger partial charge is 0.434 e. The second-order valence-corrected chi connectivity index (χ2v) is 10.8. The van der Waals surface area contributed by atoms with Crippen molar-refractivity contribution >= 4 is 15.9 Å². The third kappa shape index (κ3) is 3.61. The maximum atomic E-state index is 14.0. The molecule has 3 aliphatic heterocycles. The number of ether oxygens (including phenoxy) is 2. The van der Waals surface area contributed by atoms with Gasteiger partial charge in [-0.05, 0) is 42.5 Å². The van der Waals surface area contributed by atoms with E-state index in [1.807, 2.05) is 26.0 Å². The average Bonchev–Trinajstić information content (AvgIpc) is 3.36. The molecule has 1 aromatic heterocycles. The molecule has 0 amide bonds. The van der Waals surface area contributed by atoms with Crippen molar-refractivity contribution in [2.75, 3.05) is 30.6 Å². The Morgan fingerprint density at radius 1 is 1.21 bits per heavy atom. The second-order valence-electron chi connectivity index (χ2n) is 8.98. The second kappa shape index (κ2) is 8.23. The van der Waals surface area contributed by atoms with Crippen LogP contribution in [-0.2, 0) is 26.1 Å². The summed E-state index contributed by atoms with van der Waals surface area (Å²) in [5, 5.41) is 6.29. The molecule has 2 atom stereocenters. The Balaban J connectivity index is 1.54. The first kappa shape index (κ1) is 22.6. The molecule has 3 aliphatic rings. The summed E-state index contributed by atoms with van der Waals surface area (Å²) < 4.78 is 48.0. The highest BCUT2D eigenvalue weighted by Gasteiger charge is 2.50. The Kier molecular flexibility index (Phi) is 5.63. The van der Waals surface area contributed by atoms with Crippen LogP contribution < -0.4 is 10.1 Å². The number of nitrogens with one attached hydrogen (secondary N) is 1. The van der Waals surface area contributed by atoms with Crippen molar-refractivity contribution in [2.45, 2.75) is 64.2 Å². The zero-order chi connectivity index (χ0) is 23.4. The minimum Gasteiger partial charge on any atom is -0.390 e. The molecule has 2 fully saturated rings. The monoisotopic (exact) mass is 478 g/mol. The molecule has 10 nitrogen and oxygen atoms in total. The third-order valence-electron chi connectivity index (χ3n) is 7.19. The third-order valence-corrected chi connectivity index (χ3v) is 9.13. The van der Waals surface area contributed by atoms with Gasteiger partial charge in [0.1, 0.15) is 6.04 Å². The van der Waals surface area contributed by atoms with Crippen LogP contribution in [0.4, 0.5) is 5.69 Å². The van der Waals surface area contributed by atoms with Gasteiger partial charge in [-0.15, -0.1) is 5.10 Å². The number of aromatic amines is 1. The number of piperidine rings is 1. The van der Waals surface area contributed by atoms with Crippen molar-refractivity contribution in [3.05, 3.63) is 45.3 Å². The summed E-state index contributed by atoms with van der Waals surface area (Å²) in [6.07, 6.45) is 2.63. The van der Waals surface area contributed by atoms with Gasteiger partial charge in [-0.3, -0.25) is 0 Å². The van der Waals surface area contributed by atoms with E-state index in [9.17, 15) is 13.2 Å². The fraction of sp³-hybridized carbons (Fsp3) is 0.636. The van der Waals surface area contributed by atoms with E-state index in [-0.39, 0.29) is 24.9 Å². The summed E-state index contributed by atoms with van der Waals surface area (Å²) in [5.74, 6) is -1.57. The van der Waals surface area contributed by atoms with Gasteiger partial charge in [0, 0.05) is 31.8 Å². The zero-order valence-electron chi connectivity index (χ0n) is 19.2. The lowest BCUT2D eigenvalue weighted by atomic mass is 9.90. The molecule has 2 saturated heterocycles. The quantitative estimate of drug-likeness (QED) is 0.717. The number of anilines is 1. The first-order valence-corrected chi connectivity index (χ1v) is 12.9. The molecule has 33 heavy (non-hydrogen) atoms. The Morgan fingerprint density at radius 3 is 2.52 bits per heavy atom. The molecular weight excluding hydrogens is 448 g/mol. The van der Waals surface area contributed by atoms with E-state index < -0.39 is 27.8 Å². The molecule has 1 aromatic carbocycles. The highest BCUT2D eigenvalue weighted by Crippen LogP contribution is 2.52. The van der Waals surface area contributed by atoms with Crippen molar-refractivity contribution in [1.82, 2.24) is 14.5 Å². The molecule has 1 spiro atoms. The number of hydrogen-bond acceptors (Lipinski definition) is 7. The minimum atomic E-state index is -3.95. The summed E-state index contributed by atoms with van der Waals surface area (Å²) >= 11 is 0. The van der Waals surface area contributed by atoms with Crippen molar-refractivity contribution in [3.63, 3.8) is 0 Å². The molecular formula is C22H30N4O6S. The molecule has 5 rings (SSSR count). The van der Waals surface area contributed by atoms with Gasteiger partial charge in [-0.25, -0.2) is 14.2 Å². The minimum absolute atomic E-state index is 0.0668. The maximum absolute atomic E-state index is 14.0. The van der Waals surface area contributed by atoms with Crippen LogP contribution in [-0.4, -0.2) is 55.0 Å². The normalized spacial score (nSPS) is 25.5. The number of benzene rings is 1. The summed E-state index contributed by atoms with van der Waals surface area (Å²) in [4.78, 5) is 11.7. The lowest BCUT2D eigenvalue weighted by Crippen LogP contribution is -2.54. The van der Waals surface area contributed by atoms with Crippen LogP contribution in [0.3, 0.4) is 0 Å². The fourth-order valence-electron chi connectivity index (χ4n) is 5.46. The molecule has 11 heteroatoms. The molecule has 0 radical (unpaired) electrons. The van der Waals surface area contributed by atoms with Gasteiger partial charge >= 0.3 is 16.0 Å². The molecule has 0 bridgehead atoms. The molecule has 1 N–H and O–H groups in total. The van der Waals surface area contributed by atoms with E-state index in [1.165, 1.54) is 8.61 Å². The van der Waals surface area contributed by atoms with E-state index in [2.05, 4.69) is 17.1 Å². The van der Waals surface area contributed by atoms with Gasteiger partial charge in [0.2, 0.25) is 5.89 Å². The first-order valence-electron chi connectivity index (χ1n) is 11.5. The van der Waals surface area contributed by atoms with Crippen LogP contribution in [0.5, 0.6) is 0 Å². The summed E-state index contributed by atoms with van der Waals surface area (Å²) in [6, 6.07) is 3.08. The van der Waals surface area contributed by atoms with Crippen molar-refractivity contribution in [3.8, 4) is 0 Å². The van der Waals surface area contributed by atoms with E-state index in [0.717, 1.165) is 29.5 Å². The zero-order valence-corrected chi connectivity index (χ0v) is 20.0. The standard InChI is InChI=1S/C22H30N4O6S/c1-4-16-6-7-17-18(14(16)2)15(3)19(20-23-24-21(27)32-20)26(17)33(28,29)25-10-8-22(9-11-25)30-12-5-13-31-22/h6-7,15,19H,4-5,8-13H2,1-3H3,(H,24,27)/t15?,19-/m0/s1. The van der Waals surface area contributed by atoms with Gasteiger partial charge < -0.3 is 13.9 Å². The number of fused-ring (bicyclic) bond motifs is 1. The number of H-pyrrole nitrogens is 1. The highest BCUT2D eigenvalue weighted by atomic mass is 32.2. The van der Waals surface area contributed by atoms with Gasteiger partial charge in [0.25, 0.3) is 0 Å². The summed E-state index contributed by atoms with van der Waals surface area (Å²) in [5.41, 5.74) is 3.78. The Hall–Kier alpha value is -2.21. The first-order chi connectivity index (χ1) is 15.8. The van der Waals surface area contributed by atoms with Crippen LogP contribution in [0.1, 0.15) is 67.7 Å². The molecule has 1 unspecified atom stereocenters. The predicted octanol–water partition coefficient (Wildman–Crippen LogP) is 2.37. The van der Waals surface area contributed by atoms with Gasteiger partial charge in [0.15, 0.2) is 5.79 Å². The maximum Gasteiger partial charge on any atom is 0.434 e. The lowest BCUT2D eigenvalue weighted by molar-refractivity contribution is -0.280. The van der Waals surface area contributed by atoms with E-state index in [0.29, 0.717) is 31.7 Å². The van der Waals surface area contributed by atoms with Gasteiger partial charge in [-0.1, -0.05) is 19.9 Å². The highest BCUT2D eigenvalue weighted by molar-refractivity contribution is 7.90. The molecule has 180 valence electrons. The predicted molar refractivity (Wildman–Crippen MR) is 120 cm³/mol. The fourth-order valence-corrected chi connectivity index (χ4v) is 7.32. The van der Waals surface area contributed by atoms with Crippen molar-refractivity contribution in [1.29, 1.82) is 0 Å². The molecule has 4 heterocycles. The number of aromatic nitrogens is 2. The van der Waals surface area contributed by atoms with Crippen molar-refractivity contribution < 1.29 is 22.3 Å². The number of rotatable bonds is 4. The Labute approximate surface area is 193 Å².